The maximum absolute atomic E-state index is 12.8. The summed E-state index contributed by atoms with van der Waals surface area (Å²) in [6, 6.07) is 12.2. The molecular formula is C22H26Cl2N2O4S. The molecule has 0 saturated carbocycles. The molecule has 1 aliphatic rings. The van der Waals surface area contributed by atoms with Crippen LogP contribution in [0.15, 0.2) is 42.5 Å². The minimum atomic E-state index is -3.59. The quantitative estimate of drug-likeness (QED) is 0.602. The fraction of sp³-hybridized carbons (Fsp3) is 0.409. The van der Waals surface area contributed by atoms with Gasteiger partial charge >= 0.3 is 0 Å². The van der Waals surface area contributed by atoms with Crippen LogP contribution in [0.4, 0.5) is 5.69 Å². The lowest BCUT2D eigenvalue weighted by Crippen LogP contribution is -2.42. The number of hydrogen-bond acceptors (Lipinski definition) is 4. The van der Waals surface area contributed by atoms with E-state index >= 15 is 0 Å². The standard InChI is InChI=1S/C22H26Cl2N2O4S/c1-15(2)30-18-6-3-5-17(13-18)25-22(27)16-9-11-26(12-10-16)31(28,29)14-19-20(23)7-4-8-21(19)24/h3-8,13,15-16H,9-12,14H2,1-2H3,(H,25,27). The second kappa shape index (κ2) is 10.2. The molecule has 3 rings (SSSR count). The topological polar surface area (TPSA) is 75.7 Å². The molecule has 0 unspecified atom stereocenters. The zero-order chi connectivity index (χ0) is 22.6. The Morgan fingerprint density at radius 3 is 2.35 bits per heavy atom. The molecule has 0 aromatic heterocycles. The number of amides is 1. The van der Waals surface area contributed by atoms with Crippen molar-refractivity contribution in [1.29, 1.82) is 0 Å². The number of nitrogens with one attached hydrogen (secondary N) is 1. The predicted molar refractivity (Wildman–Crippen MR) is 124 cm³/mol. The van der Waals surface area contributed by atoms with E-state index in [0.29, 0.717) is 39.9 Å². The molecule has 0 bridgehead atoms. The first-order valence-corrected chi connectivity index (χ1v) is 12.5. The SMILES string of the molecule is CC(C)Oc1cccc(NC(=O)C2CCN(S(=O)(=O)Cc3c(Cl)cccc3Cl)CC2)c1. The van der Waals surface area contributed by atoms with E-state index in [1.165, 1.54) is 4.31 Å². The van der Waals surface area contributed by atoms with Gasteiger partial charge in [0.2, 0.25) is 15.9 Å². The van der Waals surface area contributed by atoms with Gasteiger partial charge in [0.1, 0.15) is 5.75 Å². The summed E-state index contributed by atoms with van der Waals surface area (Å²) >= 11 is 12.3. The van der Waals surface area contributed by atoms with Gasteiger partial charge in [0, 0.05) is 46.4 Å². The molecule has 1 saturated heterocycles. The summed E-state index contributed by atoms with van der Waals surface area (Å²) < 4.78 is 32.8. The predicted octanol–water partition coefficient (Wildman–Crippen LogP) is 4.96. The van der Waals surface area contributed by atoms with Crippen molar-refractivity contribution in [3.63, 3.8) is 0 Å². The smallest absolute Gasteiger partial charge is 0.227 e. The first-order chi connectivity index (χ1) is 14.7. The molecule has 2 aromatic rings. The minimum absolute atomic E-state index is 0.0397. The van der Waals surface area contributed by atoms with E-state index in [4.69, 9.17) is 27.9 Å². The summed E-state index contributed by atoms with van der Waals surface area (Å²) in [6.07, 6.45) is 0.936. The van der Waals surface area contributed by atoms with Crippen LogP contribution in [0.2, 0.25) is 10.0 Å². The molecule has 9 heteroatoms. The fourth-order valence-electron chi connectivity index (χ4n) is 3.50. The number of anilines is 1. The number of sulfonamides is 1. The molecule has 168 valence electrons. The van der Waals surface area contributed by atoms with Crippen molar-refractivity contribution in [3.05, 3.63) is 58.1 Å². The van der Waals surface area contributed by atoms with E-state index in [1.54, 1.807) is 30.3 Å². The third-order valence-electron chi connectivity index (χ3n) is 5.08. The monoisotopic (exact) mass is 484 g/mol. The highest BCUT2D eigenvalue weighted by Crippen LogP contribution is 2.29. The van der Waals surface area contributed by atoms with Gasteiger partial charge in [-0.3, -0.25) is 4.79 Å². The average Bonchev–Trinajstić information content (AvgIpc) is 2.71. The van der Waals surface area contributed by atoms with Crippen LogP contribution in [0.25, 0.3) is 0 Å². The summed E-state index contributed by atoms with van der Waals surface area (Å²) in [5.41, 5.74) is 1.06. The Kier molecular flexibility index (Phi) is 7.86. The van der Waals surface area contributed by atoms with Crippen LogP contribution < -0.4 is 10.1 Å². The fourth-order valence-corrected chi connectivity index (χ4v) is 5.82. The Labute approximate surface area is 193 Å². The number of carbonyl (C=O) groups is 1. The van der Waals surface area contributed by atoms with Gasteiger partial charge in [0.25, 0.3) is 0 Å². The average molecular weight is 485 g/mol. The van der Waals surface area contributed by atoms with Gasteiger partial charge in [-0.25, -0.2) is 12.7 Å². The molecule has 31 heavy (non-hydrogen) atoms. The normalized spacial score (nSPS) is 15.8. The Bertz CT molecular complexity index is 1020. The maximum Gasteiger partial charge on any atom is 0.227 e. The zero-order valence-electron chi connectivity index (χ0n) is 17.5. The van der Waals surface area contributed by atoms with Crippen molar-refractivity contribution in [2.75, 3.05) is 18.4 Å². The molecular weight excluding hydrogens is 459 g/mol. The molecule has 1 fully saturated rings. The van der Waals surface area contributed by atoms with Crippen LogP contribution in [0, 0.1) is 5.92 Å². The molecule has 0 radical (unpaired) electrons. The first kappa shape index (κ1) is 23.9. The molecule has 1 N–H and O–H groups in total. The van der Waals surface area contributed by atoms with Crippen LogP contribution in [-0.2, 0) is 20.6 Å². The molecule has 1 heterocycles. The number of benzene rings is 2. The van der Waals surface area contributed by atoms with Gasteiger partial charge in [-0.15, -0.1) is 0 Å². The Hall–Kier alpha value is -1.80. The number of carbonyl (C=O) groups excluding carboxylic acids is 1. The Balaban J connectivity index is 1.58. The number of ether oxygens (including phenoxy) is 1. The van der Waals surface area contributed by atoms with E-state index in [0.717, 1.165) is 0 Å². The number of rotatable bonds is 7. The van der Waals surface area contributed by atoms with Crippen LogP contribution >= 0.6 is 23.2 Å². The third kappa shape index (κ3) is 6.35. The molecule has 0 atom stereocenters. The summed E-state index contributed by atoms with van der Waals surface area (Å²) in [6.45, 7) is 4.43. The first-order valence-electron chi connectivity index (χ1n) is 10.1. The lowest BCUT2D eigenvalue weighted by Gasteiger charge is -2.30. The number of nitrogens with zero attached hydrogens (tertiary/aromatic N) is 1. The number of halogens is 2. The Morgan fingerprint density at radius 2 is 1.74 bits per heavy atom. The van der Waals surface area contributed by atoms with Crippen molar-refractivity contribution in [2.45, 2.75) is 38.5 Å². The molecule has 0 spiro atoms. The van der Waals surface area contributed by atoms with Gasteiger partial charge in [-0.05, 0) is 51.0 Å². The van der Waals surface area contributed by atoms with Crippen LogP contribution in [0.1, 0.15) is 32.3 Å². The van der Waals surface area contributed by atoms with Crippen molar-refractivity contribution < 1.29 is 17.9 Å². The zero-order valence-corrected chi connectivity index (χ0v) is 19.8. The second-order valence-electron chi connectivity index (χ2n) is 7.81. The highest BCUT2D eigenvalue weighted by atomic mass is 35.5. The summed E-state index contributed by atoms with van der Waals surface area (Å²) in [5, 5.41) is 3.57. The number of piperidine rings is 1. The highest BCUT2D eigenvalue weighted by Gasteiger charge is 2.32. The van der Waals surface area contributed by atoms with E-state index < -0.39 is 10.0 Å². The van der Waals surface area contributed by atoms with Crippen molar-refractivity contribution in [1.82, 2.24) is 4.31 Å². The highest BCUT2D eigenvalue weighted by molar-refractivity contribution is 7.88. The second-order valence-corrected chi connectivity index (χ2v) is 10.6. The lowest BCUT2D eigenvalue weighted by molar-refractivity contribution is -0.120. The lowest BCUT2D eigenvalue weighted by atomic mass is 9.97. The summed E-state index contributed by atoms with van der Waals surface area (Å²) in [4.78, 5) is 12.7. The minimum Gasteiger partial charge on any atom is -0.491 e. The van der Waals surface area contributed by atoms with Gasteiger partial charge in [-0.2, -0.15) is 0 Å². The summed E-state index contributed by atoms with van der Waals surface area (Å²) in [5.74, 6) is 0.0511. The molecule has 6 nitrogen and oxygen atoms in total. The molecule has 1 aliphatic heterocycles. The van der Waals surface area contributed by atoms with Gasteiger partial charge < -0.3 is 10.1 Å². The van der Waals surface area contributed by atoms with Gasteiger partial charge in [0.05, 0.1) is 11.9 Å². The molecule has 0 aliphatic carbocycles. The van der Waals surface area contributed by atoms with Crippen LogP contribution in [-0.4, -0.2) is 37.8 Å². The number of hydrogen-bond donors (Lipinski definition) is 1. The van der Waals surface area contributed by atoms with Crippen molar-refractivity contribution in [2.24, 2.45) is 5.92 Å². The van der Waals surface area contributed by atoms with Gasteiger partial charge in [0.15, 0.2) is 0 Å². The van der Waals surface area contributed by atoms with E-state index in [-0.39, 0.29) is 36.8 Å². The summed E-state index contributed by atoms with van der Waals surface area (Å²) in [7, 11) is -3.59. The van der Waals surface area contributed by atoms with Crippen LogP contribution in [0.3, 0.4) is 0 Å². The van der Waals surface area contributed by atoms with Crippen molar-refractivity contribution in [3.8, 4) is 5.75 Å². The van der Waals surface area contributed by atoms with E-state index in [9.17, 15) is 13.2 Å². The van der Waals surface area contributed by atoms with Gasteiger partial charge in [-0.1, -0.05) is 35.3 Å². The maximum atomic E-state index is 12.8. The van der Waals surface area contributed by atoms with Crippen LogP contribution in [0.5, 0.6) is 5.75 Å². The van der Waals surface area contributed by atoms with Crippen molar-refractivity contribution >= 4 is 44.8 Å². The largest absolute Gasteiger partial charge is 0.491 e. The third-order valence-corrected chi connectivity index (χ3v) is 7.59. The van der Waals surface area contributed by atoms with E-state index in [2.05, 4.69) is 5.32 Å². The Morgan fingerprint density at radius 1 is 1.13 bits per heavy atom. The van der Waals surface area contributed by atoms with E-state index in [1.807, 2.05) is 26.0 Å². The molecule has 2 aromatic carbocycles. The molecule has 1 amide bonds.